The molecule has 27 heavy (non-hydrogen) atoms. The van der Waals surface area contributed by atoms with Crippen LogP contribution in [-0.4, -0.2) is 8.42 Å². The monoisotopic (exact) mass is 382 g/mol. The highest BCUT2D eigenvalue weighted by Crippen LogP contribution is 2.23. The zero-order valence-electron chi connectivity index (χ0n) is 16.4. The predicted octanol–water partition coefficient (Wildman–Crippen LogP) is 6.93. The van der Waals surface area contributed by atoms with Crippen LogP contribution in [0.25, 0.3) is 12.2 Å². The molecule has 2 rings (SSSR count). The molecule has 0 spiro atoms. The average molecular weight is 383 g/mol. The van der Waals surface area contributed by atoms with Crippen LogP contribution in [0.15, 0.2) is 70.5 Å². The lowest BCUT2D eigenvalue weighted by Crippen LogP contribution is -2.02. The Bertz CT molecular complexity index is 809. The fourth-order valence-corrected chi connectivity index (χ4v) is 4.16. The lowest BCUT2D eigenvalue weighted by Gasteiger charge is -2.07. The molecule has 3 heteroatoms. The minimum atomic E-state index is -3.52. The molecule has 0 saturated heterocycles. The van der Waals surface area contributed by atoms with E-state index in [1.54, 1.807) is 36.4 Å². The van der Waals surface area contributed by atoms with Crippen molar-refractivity contribution in [3.8, 4) is 0 Å². The highest BCUT2D eigenvalue weighted by Gasteiger charge is 2.17. The van der Waals surface area contributed by atoms with Crippen LogP contribution in [0.5, 0.6) is 0 Å². The summed E-state index contributed by atoms with van der Waals surface area (Å²) >= 11 is 0. The molecule has 0 aliphatic rings. The average Bonchev–Trinajstić information content (AvgIpc) is 2.69. The van der Waals surface area contributed by atoms with Gasteiger partial charge in [0.25, 0.3) is 0 Å². The summed E-state index contributed by atoms with van der Waals surface area (Å²) in [6, 6.07) is 14.3. The first-order valence-corrected chi connectivity index (χ1v) is 11.3. The molecule has 0 amide bonds. The first-order valence-electron chi connectivity index (χ1n) is 9.86. The summed E-state index contributed by atoms with van der Waals surface area (Å²) < 4.78 is 26.1. The van der Waals surface area contributed by atoms with Gasteiger partial charge in [-0.15, -0.1) is 0 Å². The molecule has 0 aromatic heterocycles. The van der Waals surface area contributed by atoms with Gasteiger partial charge in [0.1, 0.15) is 0 Å². The quantitative estimate of drug-likeness (QED) is 0.418. The first kappa shape index (κ1) is 21.2. The van der Waals surface area contributed by atoms with Crippen molar-refractivity contribution in [2.75, 3.05) is 0 Å². The lowest BCUT2D eigenvalue weighted by atomic mass is 10.2. The van der Waals surface area contributed by atoms with Crippen LogP contribution in [0.4, 0.5) is 0 Å². The van der Waals surface area contributed by atoms with E-state index in [-0.39, 0.29) is 0 Å². The molecule has 0 saturated carbocycles. The first-order chi connectivity index (χ1) is 13.1. The minimum absolute atomic E-state index is 0.340. The van der Waals surface area contributed by atoms with Gasteiger partial charge in [-0.1, -0.05) is 88.1 Å². The summed E-state index contributed by atoms with van der Waals surface area (Å²) in [4.78, 5) is 0.680. The molecule has 0 radical (unpaired) electrons. The van der Waals surface area contributed by atoms with Gasteiger partial charge in [-0.3, -0.25) is 0 Å². The molecule has 2 aromatic rings. The standard InChI is InChI=1S/C24H30O2S/c1-3-5-7-9-13-21-15-11-17-23(19-21)27(25,26)24-18-12-16-22(20-24)14-10-8-6-4-2/h9-20H,3-8H2,1-2H3. The zero-order valence-corrected chi connectivity index (χ0v) is 17.2. The summed E-state index contributed by atoms with van der Waals surface area (Å²) in [6.07, 6.45) is 14.8. The lowest BCUT2D eigenvalue weighted by molar-refractivity contribution is 0.596. The smallest absolute Gasteiger partial charge is 0.206 e. The number of unbranched alkanes of at least 4 members (excludes halogenated alkanes) is 4. The highest BCUT2D eigenvalue weighted by atomic mass is 32.2. The second-order valence-electron chi connectivity index (χ2n) is 6.74. The number of benzene rings is 2. The Hall–Kier alpha value is -2.13. The van der Waals surface area contributed by atoms with Crippen molar-refractivity contribution in [1.82, 2.24) is 0 Å². The van der Waals surface area contributed by atoms with Gasteiger partial charge in [-0.25, -0.2) is 8.42 Å². The Balaban J connectivity index is 2.23. The van der Waals surface area contributed by atoms with E-state index < -0.39 is 9.84 Å². The van der Waals surface area contributed by atoms with Crippen molar-refractivity contribution in [1.29, 1.82) is 0 Å². The van der Waals surface area contributed by atoms with Crippen LogP contribution in [0, 0.1) is 0 Å². The second-order valence-corrected chi connectivity index (χ2v) is 8.69. The largest absolute Gasteiger partial charge is 0.219 e. The van der Waals surface area contributed by atoms with Crippen molar-refractivity contribution < 1.29 is 8.42 Å². The molecule has 2 nitrogen and oxygen atoms in total. The van der Waals surface area contributed by atoms with Crippen LogP contribution in [-0.2, 0) is 9.84 Å². The van der Waals surface area contributed by atoms with Gasteiger partial charge in [0.05, 0.1) is 9.79 Å². The van der Waals surface area contributed by atoms with Gasteiger partial charge in [0.2, 0.25) is 9.84 Å². The van der Waals surface area contributed by atoms with Crippen molar-refractivity contribution in [2.24, 2.45) is 0 Å². The maximum atomic E-state index is 13.0. The van der Waals surface area contributed by atoms with E-state index in [9.17, 15) is 8.42 Å². The van der Waals surface area contributed by atoms with E-state index in [4.69, 9.17) is 0 Å². The third kappa shape index (κ3) is 6.51. The van der Waals surface area contributed by atoms with E-state index in [1.807, 2.05) is 24.3 Å². The van der Waals surface area contributed by atoms with Gasteiger partial charge in [-0.05, 0) is 48.2 Å². The van der Waals surface area contributed by atoms with Gasteiger partial charge >= 0.3 is 0 Å². The highest BCUT2D eigenvalue weighted by molar-refractivity contribution is 7.91. The van der Waals surface area contributed by atoms with Gasteiger partial charge in [-0.2, -0.15) is 0 Å². The Morgan fingerprint density at radius 2 is 1.19 bits per heavy atom. The molecule has 0 heterocycles. The summed E-state index contributed by atoms with van der Waals surface area (Å²) in [5, 5.41) is 0. The van der Waals surface area contributed by atoms with E-state index in [2.05, 4.69) is 26.0 Å². The van der Waals surface area contributed by atoms with E-state index in [0.29, 0.717) is 9.79 Å². The molecule has 0 atom stereocenters. The zero-order chi connectivity index (χ0) is 19.5. The summed E-state index contributed by atoms with van der Waals surface area (Å²) in [5.41, 5.74) is 1.84. The molecule has 0 aliphatic carbocycles. The summed E-state index contributed by atoms with van der Waals surface area (Å²) in [6.45, 7) is 4.32. The van der Waals surface area contributed by atoms with Crippen LogP contribution < -0.4 is 0 Å². The van der Waals surface area contributed by atoms with Crippen LogP contribution in [0.1, 0.15) is 63.5 Å². The number of sulfone groups is 1. The fraction of sp³-hybridized carbons (Fsp3) is 0.333. The molecule has 0 aliphatic heterocycles. The third-order valence-corrected chi connectivity index (χ3v) is 6.16. The van der Waals surface area contributed by atoms with E-state index in [0.717, 1.165) is 49.7 Å². The molecular formula is C24H30O2S. The molecule has 0 unspecified atom stereocenters. The van der Waals surface area contributed by atoms with Crippen molar-refractivity contribution in [3.63, 3.8) is 0 Å². The van der Waals surface area contributed by atoms with Gasteiger partial charge in [0.15, 0.2) is 0 Å². The van der Waals surface area contributed by atoms with E-state index in [1.165, 1.54) is 0 Å². The molecule has 0 bridgehead atoms. The Morgan fingerprint density at radius 3 is 1.59 bits per heavy atom. The van der Waals surface area contributed by atoms with Gasteiger partial charge in [0, 0.05) is 0 Å². The van der Waals surface area contributed by atoms with Crippen LogP contribution in [0.3, 0.4) is 0 Å². The maximum absolute atomic E-state index is 13.0. The van der Waals surface area contributed by atoms with Crippen LogP contribution in [0.2, 0.25) is 0 Å². The van der Waals surface area contributed by atoms with Gasteiger partial charge < -0.3 is 0 Å². The molecule has 2 aromatic carbocycles. The predicted molar refractivity (Wildman–Crippen MR) is 115 cm³/mol. The SMILES string of the molecule is CCCCC=Cc1cccc(S(=O)(=O)c2cccc(C=CCCCC)c2)c1. The number of hydrogen-bond donors (Lipinski definition) is 0. The van der Waals surface area contributed by atoms with E-state index >= 15 is 0 Å². The summed E-state index contributed by atoms with van der Waals surface area (Å²) in [7, 11) is -3.52. The number of allylic oxidation sites excluding steroid dienone is 2. The number of hydrogen-bond acceptors (Lipinski definition) is 2. The normalized spacial score (nSPS) is 12.2. The van der Waals surface area contributed by atoms with Crippen molar-refractivity contribution in [2.45, 2.75) is 62.2 Å². The number of rotatable bonds is 10. The third-order valence-electron chi connectivity index (χ3n) is 4.41. The van der Waals surface area contributed by atoms with Crippen LogP contribution >= 0.6 is 0 Å². The molecular weight excluding hydrogens is 352 g/mol. The molecule has 144 valence electrons. The maximum Gasteiger partial charge on any atom is 0.206 e. The van der Waals surface area contributed by atoms with Crippen molar-refractivity contribution >= 4 is 22.0 Å². The summed E-state index contributed by atoms with van der Waals surface area (Å²) in [5.74, 6) is 0. The Morgan fingerprint density at radius 1 is 0.741 bits per heavy atom. The second kappa shape index (κ2) is 10.9. The molecule has 0 N–H and O–H groups in total. The van der Waals surface area contributed by atoms with Crippen molar-refractivity contribution in [3.05, 3.63) is 71.8 Å². The molecule has 0 fully saturated rings. The minimum Gasteiger partial charge on any atom is -0.219 e. The fourth-order valence-electron chi connectivity index (χ4n) is 2.79. The Kier molecular flexibility index (Phi) is 8.53. The topological polar surface area (TPSA) is 34.1 Å². The Labute approximate surface area is 164 Å².